The highest BCUT2D eigenvalue weighted by Crippen LogP contribution is 2.26. The molecule has 1 heterocycles. The van der Waals surface area contributed by atoms with Crippen LogP contribution in [-0.2, 0) is 4.74 Å². The Kier molecular flexibility index (Phi) is 2.70. The van der Waals surface area contributed by atoms with E-state index in [1.807, 2.05) is 24.3 Å². The smallest absolute Gasteiger partial charge is 0.141 e. The summed E-state index contributed by atoms with van der Waals surface area (Å²) in [6.07, 6.45) is -0.280. The van der Waals surface area contributed by atoms with Crippen LogP contribution in [0.3, 0.4) is 0 Å². The Balaban J connectivity index is 2.35. The van der Waals surface area contributed by atoms with Gasteiger partial charge in [-0.3, -0.25) is 4.99 Å². The van der Waals surface area contributed by atoms with Crippen molar-refractivity contribution in [2.45, 2.75) is 6.10 Å². The number of hydrogen-bond donors (Lipinski definition) is 1. The van der Waals surface area contributed by atoms with Gasteiger partial charge >= 0.3 is 0 Å². The van der Waals surface area contributed by atoms with Gasteiger partial charge in [-0.15, -0.1) is 0 Å². The minimum absolute atomic E-state index is 0.280. The van der Waals surface area contributed by atoms with Gasteiger partial charge in [0, 0.05) is 10.6 Å². The molecule has 0 saturated heterocycles. The van der Waals surface area contributed by atoms with Gasteiger partial charge in [-0.25, -0.2) is 0 Å². The zero-order valence-corrected chi connectivity index (χ0v) is 8.37. The summed E-state index contributed by atoms with van der Waals surface area (Å²) < 4.78 is 5.52. The van der Waals surface area contributed by atoms with Gasteiger partial charge in [0.1, 0.15) is 11.9 Å². The van der Waals surface area contributed by atoms with Gasteiger partial charge < -0.3 is 10.5 Å². The average molecular weight is 211 g/mol. The first-order valence-corrected chi connectivity index (χ1v) is 4.82. The summed E-state index contributed by atoms with van der Waals surface area (Å²) in [5.74, 6) is 0.504. The Hall–Kier alpha value is -1.06. The topological polar surface area (TPSA) is 47.6 Å². The fraction of sp³-hybridized carbons (Fsp3) is 0.300. The summed E-state index contributed by atoms with van der Waals surface area (Å²) in [7, 11) is 0. The van der Waals surface area contributed by atoms with Gasteiger partial charge in [-0.2, -0.15) is 0 Å². The number of ether oxygens (including phenoxy) is 1. The first-order valence-electron chi connectivity index (χ1n) is 4.45. The maximum Gasteiger partial charge on any atom is 0.141 e. The van der Waals surface area contributed by atoms with Crippen molar-refractivity contribution in [3.8, 4) is 0 Å². The summed E-state index contributed by atoms with van der Waals surface area (Å²) in [6, 6.07) is 7.51. The molecule has 0 aromatic heterocycles. The van der Waals surface area contributed by atoms with Gasteiger partial charge in [0.05, 0.1) is 13.2 Å². The van der Waals surface area contributed by atoms with Crippen molar-refractivity contribution in [3.63, 3.8) is 0 Å². The number of amidine groups is 1. The summed E-state index contributed by atoms with van der Waals surface area (Å²) in [4.78, 5) is 4.14. The number of aliphatic imine (C=N–C) groups is 1. The van der Waals surface area contributed by atoms with Crippen molar-refractivity contribution in [2.75, 3.05) is 13.2 Å². The number of benzene rings is 1. The van der Waals surface area contributed by atoms with Gasteiger partial charge in [-0.05, 0) is 6.07 Å². The Bertz CT molecular complexity index is 365. The van der Waals surface area contributed by atoms with E-state index in [0.717, 1.165) is 5.56 Å². The van der Waals surface area contributed by atoms with Crippen LogP contribution in [0.25, 0.3) is 0 Å². The van der Waals surface area contributed by atoms with Crippen molar-refractivity contribution in [2.24, 2.45) is 10.7 Å². The SMILES string of the molecule is NC1=NCCOC1c1ccccc1Cl. The summed E-state index contributed by atoms with van der Waals surface area (Å²) in [5.41, 5.74) is 6.63. The van der Waals surface area contributed by atoms with Crippen molar-refractivity contribution in [3.05, 3.63) is 34.9 Å². The number of hydrogen-bond acceptors (Lipinski definition) is 3. The van der Waals surface area contributed by atoms with Crippen LogP contribution in [0, 0.1) is 0 Å². The molecule has 0 bridgehead atoms. The van der Waals surface area contributed by atoms with Gasteiger partial charge in [0.15, 0.2) is 0 Å². The van der Waals surface area contributed by atoms with Crippen LogP contribution in [0.15, 0.2) is 29.3 Å². The molecule has 2 rings (SSSR count). The molecule has 1 aliphatic heterocycles. The third kappa shape index (κ3) is 1.74. The van der Waals surface area contributed by atoms with Crippen LogP contribution in [-0.4, -0.2) is 19.0 Å². The second kappa shape index (κ2) is 3.98. The highest BCUT2D eigenvalue weighted by atomic mass is 35.5. The van der Waals surface area contributed by atoms with E-state index >= 15 is 0 Å². The summed E-state index contributed by atoms with van der Waals surface area (Å²) >= 11 is 6.03. The molecule has 1 aromatic carbocycles. The highest BCUT2D eigenvalue weighted by molar-refractivity contribution is 6.31. The van der Waals surface area contributed by atoms with E-state index in [4.69, 9.17) is 22.1 Å². The molecule has 1 unspecified atom stereocenters. The second-order valence-corrected chi connectivity index (χ2v) is 3.49. The number of nitrogens with zero attached hydrogens (tertiary/aromatic N) is 1. The van der Waals surface area contributed by atoms with E-state index in [-0.39, 0.29) is 6.10 Å². The fourth-order valence-corrected chi connectivity index (χ4v) is 1.69. The van der Waals surface area contributed by atoms with Crippen LogP contribution in [0.5, 0.6) is 0 Å². The third-order valence-corrected chi connectivity index (χ3v) is 2.47. The van der Waals surface area contributed by atoms with Crippen LogP contribution in [0.4, 0.5) is 0 Å². The van der Waals surface area contributed by atoms with Crippen LogP contribution >= 0.6 is 11.6 Å². The molecular weight excluding hydrogens is 200 g/mol. The monoisotopic (exact) mass is 210 g/mol. The lowest BCUT2D eigenvalue weighted by Gasteiger charge is -2.22. The van der Waals surface area contributed by atoms with E-state index in [1.54, 1.807) is 0 Å². The first kappa shape index (κ1) is 9.49. The molecule has 0 saturated carbocycles. The molecule has 0 fully saturated rings. The average Bonchev–Trinajstić information content (AvgIpc) is 2.20. The van der Waals surface area contributed by atoms with Gasteiger partial charge in [0.2, 0.25) is 0 Å². The molecule has 1 aliphatic rings. The first-order chi connectivity index (χ1) is 6.79. The Morgan fingerprint density at radius 1 is 1.43 bits per heavy atom. The molecule has 1 atom stereocenters. The predicted molar refractivity (Wildman–Crippen MR) is 56.6 cm³/mol. The zero-order chi connectivity index (χ0) is 9.97. The molecule has 1 aromatic rings. The molecule has 2 N–H and O–H groups in total. The second-order valence-electron chi connectivity index (χ2n) is 3.08. The third-order valence-electron chi connectivity index (χ3n) is 2.13. The minimum Gasteiger partial charge on any atom is -0.385 e. The molecule has 3 nitrogen and oxygen atoms in total. The van der Waals surface area contributed by atoms with E-state index < -0.39 is 0 Å². The quantitative estimate of drug-likeness (QED) is 0.768. The van der Waals surface area contributed by atoms with Crippen molar-refractivity contribution in [1.82, 2.24) is 0 Å². The van der Waals surface area contributed by atoms with E-state index in [2.05, 4.69) is 4.99 Å². The van der Waals surface area contributed by atoms with Gasteiger partial charge in [0.25, 0.3) is 0 Å². The highest BCUT2D eigenvalue weighted by Gasteiger charge is 2.21. The van der Waals surface area contributed by atoms with E-state index in [1.165, 1.54) is 0 Å². The summed E-state index contributed by atoms with van der Waals surface area (Å²) in [6.45, 7) is 1.23. The van der Waals surface area contributed by atoms with Crippen LogP contribution in [0.2, 0.25) is 5.02 Å². The molecule has 0 spiro atoms. The molecule has 0 aliphatic carbocycles. The Labute approximate surface area is 87.5 Å². The van der Waals surface area contributed by atoms with E-state index in [0.29, 0.717) is 24.0 Å². The Morgan fingerprint density at radius 2 is 2.21 bits per heavy atom. The number of halogens is 1. The lowest BCUT2D eigenvalue weighted by atomic mass is 10.1. The molecular formula is C10H11ClN2O. The largest absolute Gasteiger partial charge is 0.385 e. The fourth-order valence-electron chi connectivity index (χ4n) is 1.45. The molecule has 4 heteroatoms. The molecule has 0 radical (unpaired) electrons. The minimum atomic E-state index is -0.280. The standard InChI is InChI=1S/C10H11ClN2O/c11-8-4-2-1-3-7(8)9-10(12)13-5-6-14-9/h1-4,9H,5-6H2,(H2,12,13). The van der Waals surface area contributed by atoms with Crippen LogP contribution in [0.1, 0.15) is 11.7 Å². The molecule has 74 valence electrons. The van der Waals surface area contributed by atoms with Gasteiger partial charge in [-0.1, -0.05) is 29.8 Å². The maximum absolute atomic E-state index is 6.03. The van der Waals surface area contributed by atoms with Crippen LogP contribution < -0.4 is 5.73 Å². The molecule has 14 heavy (non-hydrogen) atoms. The maximum atomic E-state index is 6.03. The van der Waals surface area contributed by atoms with Crippen molar-refractivity contribution in [1.29, 1.82) is 0 Å². The normalized spacial score (nSPS) is 21.8. The number of nitrogens with two attached hydrogens (primary N) is 1. The Morgan fingerprint density at radius 3 is 2.93 bits per heavy atom. The number of rotatable bonds is 1. The lowest BCUT2D eigenvalue weighted by Crippen LogP contribution is -2.29. The molecule has 0 amide bonds. The zero-order valence-electron chi connectivity index (χ0n) is 7.61. The van der Waals surface area contributed by atoms with Crippen molar-refractivity contribution < 1.29 is 4.74 Å². The summed E-state index contributed by atoms with van der Waals surface area (Å²) in [5, 5.41) is 0.664. The predicted octanol–water partition coefficient (Wildman–Crippen LogP) is 1.77. The lowest BCUT2D eigenvalue weighted by molar-refractivity contribution is 0.0945. The van der Waals surface area contributed by atoms with Crippen molar-refractivity contribution >= 4 is 17.4 Å². The van der Waals surface area contributed by atoms with E-state index in [9.17, 15) is 0 Å².